The van der Waals surface area contributed by atoms with E-state index in [1.54, 1.807) is 11.3 Å². The molecular weight excluding hydrogens is 398 g/mol. The number of piperidine rings is 1. The van der Waals surface area contributed by atoms with Gasteiger partial charge in [-0.2, -0.15) is 0 Å². The molecule has 1 aliphatic rings. The van der Waals surface area contributed by atoms with Crippen LogP contribution in [0.3, 0.4) is 0 Å². The Kier molecular flexibility index (Phi) is 8.83. The second kappa shape index (κ2) is 11.6. The summed E-state index contributed by atoms with van der Waals surface area (Å²) in [5.74, 6) is 1.61. The summed E-state index contributed by atoms with van der Waals surface area (Å²) < 4.78 is 0. The van der Waals surface area contributed by atoms with Crippen molar-refractivity contribution in [3.8, 4) is 0 Å². The molecular formula is C22H33N5S2. The van der Waals surface area contributed by atoms with Crippen molar-refractivity contribution in [2.45, 2.75) is 43.4 Å². The molecule has 1 atom stereocenters. The molecule has 0 saturated carbocycles. The van der Waals surface area contributed by atoms with E-state index in [1.165, 1.54) is 23.4 Å². The molecule has 0 radical (unpaired) electrons. The van der Waals surface area contributed by atoms with Gasteiger partial charge in [-0.05, 0) is 50.9 Å². The fraction of sp³-hybridized carbons (Fsp3) is 0.545. The van der Waals surface area contributed by atoms with Crippen LogP contribution in [0.2, 0.25) is 0 Å². The number of rotatable bonds is 8. The zero-order chi connectivity index (χ0) is 20.5. The SMILES string of the molecule is CN=C(NCC1CCN(Cc2csc(C)n2)CC1)NCC(C)Sc1ccccc1. The Labute approximate surface area is 183 Å². The van der Waals surface area contributed by atoms with Crippen LogP contribution in [0, 0.1) is 12.8 Å². The van der Waals surface area contributed by atoms with E-state index in [0.717, 1.165) is 43.7 Å². The Morgan fingerprint density at radius 3 is 2.69 bits per heavy atom. The number of nitrogens with zero attached hydrogens (tertiary/aromatic N) is 3. The molecule has 1 aliphatic heterocycles. The summed E-state index contributed by atoms with van der Waals surface area (Å²) in [5.41, 5.74) is 1.22. The number of nitrogens with one attached hydrogen (secondary N) is 2. The molecule has 0 bridgehead atoms. The van der Waals surface area contributed by atoms with E-state index >= 15 is 0 Å². The third-order valence-corrected chi connectivity index (χ3v) is 7.11. The standard InChI is InChI=1S/C22H33N5S2/c1-17(29-21-7-5-4-6-8-21)13-24-22(23-3)25-14-19-9-11-27(12-10-19)15-20-16-28-18(2)26-20/h4-8,16-17,19H,9-15H2,1-3H3,(H2,23,24,25). The maximum Gasteiger partial charge on any atom is 0.191 e. The third-order valence-electron chi connectivity index (χ3n) is 5.18. The van der Waals surface area contributed by atoms with E-state index in [0.29, 0.717) is 11.2 Å². The fourth-order valence-corrected chi connectivity index (χ4v) is 5.08. The van der Waals surface area contributed by atoms with Gasteiger partial charge in [0.15, 0.2) is 5.96 Å². The van der Waals surface area contributed by atoms with Gasteiger partial charge in [-0.3, -0.25) is 9.89 Å². The summed E-state index contributed by atoms with van der Waals surface area (Å²) in [6, 6.07) is 10.6. The third kappa shape index (κ3) is 7.64. The number of hydrogen-bond donors (Lipinski definition) is 2. The minimum Gasteiger partial charge on any atom is -0.356 e. The lowest BCUT2D eigenvalue weighted by Gasteiger charge is -2.31. The molecule has 5 nitrogen and oxygen atoms in total. The second-order valence-electron chi connectivity index (χ2n) is 7.65. The molecule has 7 heteroatoms. The highest BCUT2D eigenvalue weighted by atomic mass is 32.2. The molecule has 0 spiro atoms. The lowest BCUT2D eigenvalue weighted by molar-refractivity contribution is 0.176. The van der Waals surface area contributed by atoms with Crippen LogP contribution in [0.1, 0.15) is 30.5 Å². The highest BCUT2D eigenvalue weighted by Gasteiger charge is 2.20. The molecule has 0 aliphatic carbocycles. The van der Waals surface area contributed by atoms with Crippen molar-refractivity contribution in [1.29, 1.82) is 0 Å². The van der Waals surface area contributed by atoms with Gasteiger partial charge in [-0.25, -0.2) is 4.98 Å². The molecule has 2 aromatic rings. The van der Waals surface area contributed by atoms with E-state index in [1.807, 2.05) is 18.8 Å². The summed E-state index contributed by atoms with van der Waals surface area (Å²) in [6.45, 7) is 9.50. The average molecular weight is 432 g/mol. The summed E-state index contributed by atoms with van der Waals surface area (Å²) >= 11 is 3.63. The van der Waals surface area contributed by atoms with Crippen LogP contribution in [-0.4, -0.2) is 54.3 Å². The number of thioether (sulfide) groups is 1. The average Bonchev–Trinajstić information content (AvgIpc) is 3.14. The molecule has 1 fully saturated rings. The largest absolute Gasteiger partial charge is 0.356 e. The van der Waals surface area contributed by atoms with Gasteiger partial charge < -0.3 is 10.6 Å². The Balaban J connectivity index is 1.32. The number of aliphatic imine (C=N–C) groups is 1. The van der Waals surface area contributed by atoms with Crippen LogP contribution in [0.25, 0.3) is 0 Å². The van der Waals surface area contributed by atoms with Gasteiger partial charge >= 0.3 is 0 Å². The molecule has 1 aromatic heterocycles. The number of thiazole rings is 1. The van der Waals surface area contributed by atoms with E-state index in [2.05, 4.69) is 75.1 Å². The van der Waals surface area contributed by atoms with Gasteiger partial charge in [0.25, 0.3) is 0 Å². The van der Waals surface area contributed by atoms with Crippen LogP contribution >= 0.6 is 23.1 Å². The molecule has 1 saturated heterocycles. The van der Waals surface area contributed by atoms with E-state index in [4.69, 9.17) is 0 Å². The monoisotopic (exact) mass is 431 g/mol. The smallest absolute Gasteiger partial charge is 0.191 e. The predicted octanol–water partition coefficient (Wildman–Crippen LogP) is 4.01. The van der Waals surface area contributed by atoms with Gasteiger partial charge in [-0.15, -0.1) is 23.1 Å². The van der Waals surface area contributed by atoms with Crippen molar-refractivity contribution < 1.29 is 0 Å². The van der Waals surface area contributed by atoms with Crippen molar-refractivity contribution in [3.63, 3.8) is 0 Å². The summed E-state index contributed by atoms with van der Waals surface area (Å²) in [7, 11) is 1.85. The number of aromatic nitrogens is 1. The summed E-state index contributed by atoms with van der Waals surface area (Å²) in [6.07, 6.45) is 2.46. The fourth-order valence-electron chi connectivity index (χ4n) is 3.53. The Hall–Kier alpha value is -1.57. The molecule has 1 unspecified atom stereocenters. The normalized spacial score (nSPS) is 17.3. The summed E-state index contributed by atoms with van der Waals surface area (Å²) in [5, 5.41) is 10.8. The Morgan fingerprint density at radius 1 is 1.28 bits per heavy atom. The molecule has 3 rings (SSSR count). The molecule has 1 aromatic carbocycles. The van der Waals surface area contributed by atoms with E-state index in [9.17, 15) is 0 Å². The highest BCUT2D eigenvalue weighted by Crippen LogP contribution is 2.22. The number of benzene rings is 1. The zero-order valence-corrected chi connectivity index (χ0v) is 19.4. The zero-order valence-electron chi connectivity index (χ0n) is 17.7. The maximum atomic E-state index is 4.59. The first-order valence-electron chi connectivity index (χ1n) is 10.4. The van der Waals surface area contributed by atoms with Crippen molar-refractivity contribution >= 4 is 29.1 Å². The van der Waals surface area contributed by atoms with Crippen LogP contribution in [0.4, 0.5) is 0 Å². The molecule has 29 heavy (non-hydrogen) atoms. The molecule has 0 amide bonds. The lowest BCUT2D eigenvalue weighted by Crippen LogP contribution is -2.44. The van der Waals surface area contributed by atoms with E-state index in [-0.39, 0.29) is 0 Å². The lowest BCUT2D eigenvalue weighted by atomic mass is 9.97. The molecule has 158 valence electrons. The first-order chi connectivity index (χ1) is 14.1. The molecule has 2 heterocycles. The number of aryl methyl sites for hydroxylation is 1. The van der Waals surface area contributed by atoms with Crippen LogP contribution in [0.15, 0.2) is 45.6 Å². The first-order valence-corrected chi connectivity index (χ1v) is 12.2. The van der Waals surface area contributed by atoms with Crippen molar-refractivity contribution in [2.75, 3.05) is 33.2 Å². The van der Waals surface area contributed by atoms with Gasteiger partial charge in [0.2, 0.25) is 0 Å². The van der Waals surface area contributed by atoms with Crippen LogP contribution < -0.4 is 10.6 Å². The number of hydrogen-bond acceptors (Lipinski definition) is 5. The topological polar surface area (TPSA) is 52.6 Å². The van der Waals surface area contributed by atoms with Crippen molar-refractivity contribution in [2.24, 2.45) is 10.9 Å². The minimum atomic E-state index is 0.480. The number of guanidine groups is 1. The Bertz CT molecular complexity index is 754. The van der Waals surface area contributed by atoms with Crippen LogP contribution in [0.5, 0.6) is 0 Å². The van der Waals surface area contributed by atoms with Crippen molar-refractivity contribution in [1.82, 2.24) is 20.5 Å². The van der Waals surface area contributed by atoms with Gasteiger partial charge in [-0.1, -0.05) is 25.1 Å². The van der Waals surface area contributed by atoms with Gasteiger partial charge in [0.05, 0.1) is 10.7 Å². The Morgan fingerprint density at radius 2 is 2.03 bits per heavy atom. The van der Waals surface area contributed by atoms with Gasteiger partial charge in [0.1, 0.15) is 0 Å². The minimum absolute atomic E-state index is 0.480. The maximum absolute atomic E-state index is 4.59. The van der Waals surface area contributed by atoms with Crippen molar-refractivity contribution in [3.05, 3.63) is 46.4 Å². The molecule has 2 N–H and O–H groups in total. The van der Waals surface area contributed by atoms with Crippen LogP contribution in [-0.2, 0) is 6.54 Å². The number of likely N-dealkylation sites (tertiary alicyclic amines) is 1. The summed E-state index contributed by atoms with van der Waals surface area (Å²) in [4.78, 5) is 12.8. The predicted molar refractivity (Wildman–Crippen MR) is 126 cm³/mol. The highest BCUT2D eigenvalue weighted by molar-refractivity contribution is 8.00. The van der Waals surface area contributed by atoms with E-state index < -0.39 is 0 Å². The quantitative estimate of drug-likeness (QED) is 0.376. The van der Waals surface area contributed by atoms with Gasteiger partial charge in [0, 0.05) is 42.2 Å². The first kappa shape index (κ1) is 22.1. The second-order valence-corrected chi connectivity index (χ2v) is 10.2.